The summed E-state index contributed by atoms with van der Waals surface area (Å²) < 4.78 is 13.2. The Hall–Kier alpha value is -2.73. The van der Waals surface area contributed by atoms with Gasteiger partial charge in [0.25, 0.3) is 0 Å². The number of fused-ring (bicyclic) bond motifs is 1. The van der Waals surface area contributed by atoms with E-state index < -0.39 is 6.23 Å². The third kappa shape index (κ3) is 4.39. The van der Waals surface area contributed by atoms with E-state index in [9.17, 15) is 4.79 Å². The van der Waals surface area contributed by atoms with Gasteiger partial charge in [-0.25, -0.2) is 4.79 Å². The lowest BCUT2D eigenvalue weighted by molar-refractivity contribution is -0.147. The molecular formula is C22H29N3O3. The summed E-state index contributed by atoms with van der Waals surface area (Å²) in [5, 5.41) is 1.16. The Morgan fingerprint density at radius 1 is 1.32 bits per heavy atom. The highest BCUT2D eigenvalue weighted by atomic mass is 16.6. The molecule has 0 fully saturated rings. The van der Waals surface area contributed by atoms with Crippen LogP contribution in [0.3, 0.4) is 0 Å². The molecule has 6 nitrogen and oxygen atoms in total. The summed E-state index contributed by atoms with van der Waals surface area (Å²) in [5.41, 5.74) is 2.88. The fourth-order valence-corrected chi connectivity index (χ4v) is 3.39. The summed E-state index contributed by atoms with van der Waals surface area (Å²) in [5.74, 6) is 0.495. The maximum Gasteiger partial charge on any atom is 0.337 e. The number of carbonyl (C=O) groups is 1. The van der Waals surface area contributed by atoms with Crippen molar-refractivity contribution in [3.63, 3.8) is 0 Å². The summed E-state index contributed by atoms with van der Waals surface area (Å²) in [6.45, 7) is 2.85. The number of benzene rings is 1. The van der Waals surface area contributed by atoms with Crippen LogP contribution in [0.25, 0.3) is 10.9 Å². The van der Waals surface area contributed by atoms with Gasteiger partial charge in [0.2, 0.25) is 0 Å². The van der Waals surface area contributed by atoms with E-state index in [1.807, 2.05) is 54.0 Å². The zero-order chi connectivity index (χ0) is 20.3. The van der Waals surface area contributed by atoms with Crippen LogP contribution < -0.4 is 4.74 Å². The molecule has 2 aromatic rings. The lowest BCUT2D eigenvalue weighted by Crippen LogP contribution is -2.18. The van der Waals surface area contributed by atoms with Crippen LogP contribution in [-0.2, 0) is 16.0 Å². The van der Waals surface area contributed by atoms with E-state index in [0.717, 1.165) is 29.6 Å². The summed E-state index contributed by atoms with van der Waals surface area (Å²) in [4.78, 5) is 16.6. The lowest BCUT2D eigenvalue weighted by atomic mass is 10.1. The standard InChI is InChI=1S/C22H29N3O3/c1-16(28-22(26)18-7-6-11-24(4)14-18)25-15-17(10-12-23(2)3)20-9-8-19(27-5)13-21(20)25/h6,8-9,11,13-16H,7,10,12H2,1-5H3. The number of carbonyl (C=O) groups excluding carboxylic acids is 1. The molecule has 2 heterocycles. The largest absolute Gasteiger partial charge is 0.497 e. The topological polar surface area (TPSA) is 46.9 Å². The third-order valence-electron chi connectivity index (χ3n) is 4.92. The lowest BCUT2D eigenvalue weighted by Gasteiger charge is -2.20. The molecule has 6 heteroatoms. The predicted octanol–water partition coefficient (Wildman–Crippen LogP) is 3.55. The van der Waals surface area contributed by atoms with Gasteiger partial charge in [0.15, 0.2) is 6.23 Å². The van der Waals surface area contributed by atoms with Crippen molar-refractivity contribution in [1.29, 1.82) is 0 Å². The Labute approximate surface area is 166 Å². The molecule has 0 saturated carbocycles. The van der Waals surface area contributed by atoms with Crippen molar-refractivity contribution in [2.75, 3.05) is 34.8 Å². The van der Waals surface area contributed by atoms with Gasteiger partial charge >= 0.3 is 5.97 Å². The van der Waals surface area contributed by atoms with Crippen molar-refractivity contribution < 1.29 is 14.3 Å². The molecular weight excluding hydrogens is 354 g/mol. The van der Waals surface area contributed by atoms with Crippen LogP contribution in [0.4, 0.5) is 0 Å². The van der Waals surface area contributed by atoms with Gasteiger partial charge in [-0.05, 0) is 51.3 Å². The van der Waals surface area contributed by atoms with Gasteiger partial charge in [-0.1, -0.05) is 6.08 Å². The van der Waals surface area contributed by atoms with E-state index in [1.54, 1.807) is 7.11 Å². The molecule has 3 rings (SSSR count). The highest BCUT2D eigenvalue weighted by molar-refractivity contribution is 5.89. The first kappa shape index (κ1) is 20.0. The van der Waals surface area contributed by atoms with Crippen molar-refractivity contribution in [3.05, 3.63) is 54.0 Å². The van der Waals surface area contributed by atoms with Crippen molar-refractivity contribution in [2.24, 2.45) is 0 Å². The number of aromatic nitrogens is 1. The summed E-state index contributed by atoms with van der Waals surface area (Å²) in [6.07, 6.45) is 8.88. The number of hydrogen-bond donors (Lipinski definition) is 0. The van der Waals surface area contributed by atoms with E-state index in [1.165, 1.54) is 5.56 Å². The van der Waals surface area contributed by atoms with Crippen LogP contribution in [0.5, 0.6) is 5.75 Å². The van der Waals surface area contributed by atoms with E-state index >= 15 is 0 Å². The zero-order valence-corrected chi connectivity index (χ0v) is 17.3. The summed E-state index contributed by atoms with van der Waals surface area (Å²) >= 11 is 0. The third-order valence-corrected chi connectivity index (χ3v) is 4.92. The van der Waals surface area contributed by atoms with Crippen molar-refractivity contribution in [1.82, 2.24) is 14.4 Å². The Bertz CT molecular complexity index is 911. The molecule has 1 aromatic carbocycles. The van der Waals surface area contributed by atoms with Crippen LogP contribution in [-0.4, -0.2) is 55.1 Å². The molecule has 0 amide bonds. The molecule has 1 aliphatic heterocycles. The highest BCUT2D eigenvalue weighted by Crippen LogP contribution is 2.30. The van der Waals surface area contributed by atoms with E-state index in [-0.39, 0.29) is 5.97 Å². The van der Waals surface area contributed by atoms with Gasteiger partial charge in [-0.3, -0.25) is 0 Å². The van der Waals surface area contributed by atoms with Crippen LogP contribution in [0.15, 0.2) is 48.4 Å². The molecule has 1 aliphatic rings. The fourth-order valence-electron chi connectivity index (χ4n) is 3.39. The second-order valence-electron chi connectivity index (χ2n) is 7.41. The minimum Gasteiger partial charge on any atom is -0.497 e. The molecule has 1 unspecified atom stereocenters. The van der Waals surface area contributed by atoms with Crippen LogP contribution in [0.2, 0.25) is 0 Å². The summed E-state index contributed by atoms with van der Waals surface area (Å²) in [7, 11) is 7.69. The second kappa shape index (κ2) is 8.52. The normalized spacial score (nSPS) is 15.1. The van der Waals surface area contributed by atoms with Gasteiger partial charge in [0.05, 0.1) is 18.2 Å². The molecule has 1 aromatic heterocycles. The Balaban J connectivity index is 1.88. The van der Waals surface area contributed by atoms with Crippen LogP contribution in [0, 0.1) is 0 Å². The molecule has 0 saturated heterocycles. The first-order valence-corrected chi connectivity index (χ1v) is 9.51. The fraction of sp³-hybridized carbons (Fsp3) is 0.409. The molecule has 0 N–H and O–H groups in total. The smallest absolute Gasteiger partial charge is 0.337 e. The molecule has 0 bridgehead atoms. The maximum absolute atomic E-state index is 12.6. The highest BCUT2D eigenvalue weighted by Gasteiger charge is 2.20. The van der Waals surface area contributed by atoms with Crippen LogP contribution >= 0.6 is 0 Å². The number of hydrogen-bond acceptors (Lipinski definition) is 5. The van der Waals surface area contributed by atoms with Gasteiger partial charge < -0.3 is 23.8 Å². The van der Waals surface area contributed by atoms with Crippen molar-refractivity contribution in [2.45, 2.75) is 26.0 Å². The first-order chi connectivity index (χ1) is 13.4. The predicted molar refractivity (Wildman–Crippen MR) is 111 cm³/mol. The number of esters is 1. The Morgan fingerprint density at radius 2 is 2.11 bits per heavy atom. The summed E-state index contributed by atoms with van der Waals surface area (Å²) in [6, 6.07) is 6.04. The maximum atomic E-state index is 12.6. The van der Waals surface area contributed by atoms with Gasteiger partial charge in [0, 0.05) is 43.9 Å². The number of ether oxygens (including phenoxy) is 2. The molecule has 1 atom stereocenters. The number of nitrogens with zero attached hydrogens (tertiary/aromatic N) is 3. The number of likely N-dealkylation sites (N-methyl/N-ethyl adjacent to an activating group) is 1. The number of rotatable bonds is 7. The Morgan fingerprint density at radius 3 is 2.79 bits per heavy atom. The Kier molecular flexibility index (Phi) is 6.09. The number of allylic oxidation sites excluding steroid dienone is 1. The quantitative estimate of drug-likeness (QED) is 0.685. The minimum atomic E-state index is -0.424. The van der Waals surface area contributed by atoms with Gasteiger partial charge in [0.1, 0.15) is 5.75 Å². The SMILES string of the molecule is COc1ccc2c(CCN(C)C)cn(C(C)OC(=O)C3=CN(C)C=CC3)c2c1. The molecule has 0 radical (unpaired) electrons. The van der Waals surface area contributed by atoms with Gasteiger partial charge in [-0.2, -0.15) is 0 Å². The number of methoxy groups -OCH3 is 1. The van der Waals surface area contributed by atoms with Gasteiger partial charge in [-0.15, -0.1) is 0 Å². The van der Waals surface area contributed by atoms with Crippen molar-refractivity contribution >= 4 is 16.9 Å². The van der Waals surface area contributed by atoms with E-state index in [2.05, 4.69) is 31.3 Å². The molecule has 0 aliphatic carbocycles. The average Bonchev–Trinajstić information content (AvgIpc) is 3.04. The molecule has 150 valence electrons. The second-order valence-corrected chi connectivity index (χ2v) is 7.41. The van der Waals surface area contributed by atoms with Crippen LogP contribution in [0.1, 0.15) is 25.1 Å². The minimum absolute atomic E-state index is 0.289. The van der Waals surface area contributed by atoms with Crippen molar-refractivity contribution in [3.8, 4) is 5.75 Å². The van der Waals surface area contributed by atoms with E-state index in [0.29, 0.717) is 12.0 Å². The first-order valence-electron chi connectivity index (χ1n) is 9.51. The average molecular weight is 383 g/mol. The zero-order valence-electron chi connectivity index (χ0n) is 17.3. The van der Waals surface area contributed by atoms with E-state index in [4.69, 9.17) is 9.47 Å². The monoisotopic (exact) mass is 383 g/mol. The molecule has 28 heavy (non-hydrogen) atoms. The molecule has 0 spiro atoms.